The first kappa shape index (κ1) is 24.7. The summed E-state index contributed by atoms with van der Waals surface area (Å²) in [5, 5.41) is 7.05. The lowest BCUT2D eigenvalue weighted by Gasteiger charge is -2.27. The number of amides is 1. The molecule has 11 heteroatoms. The van der Waals surface area contributed by atoms with Crippen molar-refractivity contribution in [1.82, 2.24) is 19.7 Å². The molecule has 0 atom stereocenters. The summed E-state index contributed by atoms with van der Waals surface area (Å²) in [6, 6.07) is 8.55. The maximum Gasteiger partial charge on any atom is 0.416 e. The fraction of sp³-hybridized carbons (Fsp3) is 0.409. The minimum absolute atomic E-state index is 0.263. The average molecular weight is 483 g/mol. The molecule has 0 saturated heterocycles. The van der Waals surface area contributed by atoms with Crippen LogP contribution in [0.4, 0.5) is 13.2 Å². The van der Waals surface area contributed by atoms with Crippen LogP contribution >= 0.6 is 11.3 Å². The van der Waals surface area contributed by atoms with Gasteiger partial charge >= 0.3 is 11.9 Å². The van der Waals surface area contributed by atoms with E-state index < -0.39 is 28.9 Å². The Morgan fingerprint density at radius 3 is 2.48 bits per heavy atom. The van der Waals surface area contributed by atoms with Crippen molar-refractivity contribution in [2.45, 2.75) is 45.6 Å². The number of hydrogen-bond donors (Lipinski definition) is 1. The Bertz CT molecular complexity index is 1190. The van der Waals surface area contributed by atoms with E-state index in [9.17, 15) is 22.8 Å². The topological polar surface area (TPSA) is 78.2 Å². The first-order chi connectivity index (χ1) is 15.4. The fourth-order valence-corrected chi connectivity index (χ4v) is 4.21. The number of nitrogens with zero attached hydrogens (tertiary/aromatic N) is 3. The second kappa shape index (κ2) is 9.52. The number of halogens is 3. The second-order valence-electron chi connectivity index (χ2n) is 8.07. The van der Waals surface area contributed by atoms with E-state index in [4.69, 9.17) is 4.74 Å². The predicted molar refractivity (Wildman–Crippen MR) is 119 cm³/mol. The number of alkyl halides is 3. The van der Waals surface area contributed by atoms with Gasteiger partial charge in [0.05, 0.1) is 29.1 Å². The van der Waals surface area contributed by atoms with Gasteiger partial charge in [0.25, 0.3) is 0 Å². The quantitative estimate of drug-likeness (QED) is 0.530. The van der Waals surface area contributed by atoms with Gasteiger partial charge in [-0.05, 0) is 50.6 Å². The molecule has 0 spiro atoms. The van der Waals surface area contributed by atoms with Gasteiger partial charge in [-0.15, -0.1) is 16.4 Å². The first-order valence-corrected chi connectivity index (χ1v) is 11.0. The second-order valence-corrected chi connectivity index (χ2v) is 9.36. The van der Waals surface area contributed by atoms with E-state index in [0.717, 1.165) is 26.6 Å². The molecule has 1 amide bonds. The van der Waals surface area contributed by atoms with Crippen molar-refractivity contribution in [3.8, 4) is 10.7 Å². The molecule has 1 N–H and O–H groups in total. The van der Waals surface area contributed by atoms with E-state index in [2.05, 4.69) is 10.4 Å². The van der Waals surface area contributed by atoms with Crippen LogP contribution in [0.2, 0.25) is 0 Å². The maximum absolute atomic E-state index is 13.1. The molecule has 7 nitrogen and oxygen atoms in total. The molecule has 0 aliphatic rings. The highest BCUT2D eigenvalue weighted by Gasteiger charge is 2.32. The Hall–Kier alpha value is -2.92. The Balaban J connectivity index is 1.84. The lowest BCUT2D eigenvalue weighted by Crippen LogP contribution is -2.44. The molecule has 0 aliphatic heterocycles. The summed E-state index contributed by atoms with van der Waals surface area (Å²) in [5.41, 5.74) is -2.08. The fourth-order valence-electron chi connectivity index (χ4n) is 3.35. The third-order valence-electron chi connectivity index (χ3n) is 5.06. The van der Waals surface area contributed by atoms with Gasteiger partial charge in [-0.1, -0.05) is 12.1 Å². The molecule has 178 valence electrons. The molecule has 3 aromatic rings. The SMILES string of the molecule is COCCn1c(-c2ccc(C)s2)nn(CC(=O)NC(C)(C)c2cccc(C(F)(F)F)c2)c1=O. The van der Waals surface area contributed by atoms with E-state index in [-0.39, 0.29) is 19.7 Å². The molecule has 0 radical (unpaired) electrons. The van der Waals surface area contributed by atoms with Crippen LogP contribution in [0.5, 0.6) is 0 Å². The van der Waals surface area contributed by atoms with Gasteiger partial charge < -0.3 is 10.1 Å². The van der Waals surface area contributed by atoms with Crippen molar-refractivity contribution in [3.05, 3.63) is 62.9 Å². The van der Waals surface area contributed by atoms with Crippen molar-refractivity contribution in [2.24, 2.45) is 0 Å². The van der Waals surface area contributed by atoms with Gasteiger partial charge in [-0.25, -0.2) is 9.48 Å². The van der Waals surface area contributed by atoms with Gasteiger partial charge in [-0.3, -0.25) is 9.36 Å². The zero-order chi connectivity index (χ0) is 24.4. The third kappa shape index (κ3) is 5.72. The number of carbonyl (C=O) groups is 1. The van der Waals surface area contributed by atoms with Crippen molar-refractivity contribution in [1.29, 1.82) is 0 Å². The van der Waals surface area contributed by atoms with Crippen LogP contribution in [0, 0.1) is 6.92 Å². The summed E-state index contributed by atoms with van der Waals surface area (Å²) in [6.07, 6.45) is -4.49. The summed E-state index contributed by atoms with van der Waals surface area (Å²) in [6.45, 7) is 5.31. The van der Waals surface area contributed by atoms with Crippen LogP contribution in [0.3, 0.4) is 0 Å². The van der Waals surface area contributed by atoms with Crippen LogP contribution in [-0.2, 0) is 34.3 Å². The third-order valence-corrected chi connectivity index (χ3v) is 6.06. The highest BCUT2D eigenvalue weighted by atomic mass is 32.1. The molecular weight excluding hydrogens is 457 g/mol. The summed E-state index contributed by atoms with van der Waals surface area (Å²) in [5.74, 6) is -0.120. The molecule has 0 aliphatic carbocycles. The van der Waals surface area contributed by atoms with Crippen LogP contribution in [-0.4, -0.2) is 34.0 Å². The number of benzene rings is 1. The van der Waals surface area contributed by atoms with Crippen molar-refractivity contribution in [2.75, 3.05) is 13.7 Å². The highest BCUT2D eigenvalue weighted by molar-refractivity contribution is 7.15. The zero-order valence-corrected chi connectivity index (χ0v) is 19.5. The lowest BCUT2D eigenvalue weighted by molar-refractivity contribution is -0.137. The normalized spacial score (nSPS) is 12.2. The molecule has 0 unspecified atom stereocenters. The van der Waals surface area contributed by atoms with Gasteiger partial charge in [-0.2, -0.15) is 13.2 Å². The summed E-state index contributed by atoms with van der Waals surface area (Å²) in [4.78, 5) is 27.5. The number of thiophene rings is 1. The van der Waals surface area contributed by atoms with Crippen molar-refractivity contribution < 1.29 is 22.7 Å². The van der Waals surface area contributed by atoms with Gasteiger partial charge in [0, 0.05) is 12.0 Å². The number of ether oxygens (including phenoxy) is 1. The molecule has 1 aromatic carbocycles. The molecule has 0 saturated carbocycles. The number of carbonyl (C=O) groups excluding carboxylic acids is 1. The molecule has 3 rings (SSSR count). The Morgan fingerprint density at radius 2 is 1.88 bits per heavy atom. The molecule has 0 bridgehead atoms. The van der Waals surface area contributed by atoms with Gasteiger partial charge in [0.1, 0.15) is 6.54 Å². The predicted octanol–water partition coefficient (Wildman–Crippen LogP) is 3.80. The zero-order valence-electron chi connectivity index (χ0n) is 18.7. The van der Waals surface area contributed by atoms with E-state index >= 15 is 0 Å². The van der Waals surface area contributed by atoms with E-state index in [0.29, 0.717) is 11.4 Å². The molecule has 2 aromatic heterocycles. The van der Waals surface area contributed by atoms with E-state index in [1.807, 2.05) is 19.1 Å². The average Bonchev–Trinajstić information content (AvgIpc) is 3.29. The maximum atomic E-state index is 13.1. The Morgan fingerprint density at radius 1 is 1.18 bits per heavy atom. The molecule has 0 fully saturated rings. The molecule has 2 heterocycles. The summed E-state index contributed by atoms with van der Waals surface area (Å²) >= 11 is 1.47. The number of methoxy groups -OCH3 is 1. The molecule has 33 heavy (non-hydrogen) atoms. The minimum atomic E-state index is -4.49. The van der Waals surface area contributed by atoms with Crippen molar-refractivity contribution >= 4 is 17.2 Å². The summed E-state index contributed by atoms with van der Waals surface area (Å²) < 4.78 is 46.8. The number of rotatable bonds is 8. The smallest absolute Gasteiger partial charge is 0.383 e. The van der Waals surface area contributed by atoms with Gasteiger partial charge in [0.15, 0.2) is 5.82 Å². The number of hydrogen-bond acceptors (Lipinski definition) is 5. The first-order valence-electron chi connectivity index (χ1n) is 10.1. The van der Waals surface area contributed by atoms with Gasteiger partial charge in [0.2, 0.25) is 5.91 Å². The Labute approximate surface area is 192 Å². The largest absolute Gasteiger partial charge is 0.416 e. The van der Waals surface area contributed by atoms with Crippen molar-refractivity contribution in [3.63, 3.8) is 0 Å². The Kier molecular flexibility index (Phi) is 7.13. The lowest BCUT2D eigenvalue weighted by atomic mass is 9.92. The van der Waals surface area contributed by atoms with E-state index in [1.54, 1.807) is 13.8 Å². The summed E-state index contributed by atoms with van der Waals surface area (Å²) in [7, 11) is 1.52. The number of aryl methyl sites for hydroxylation is 1. The van der Waals surface area contributed by atoms with Crippen LogP contribution < -0.4 is 11.0 Å². The highest BCUT2D eigenvalue weighted by Crippen LogP contribution is 2.32. The van der Waals surface area contributed by atoms with Crippen LogP contribution in [0.25, 0.3) is 10.7 Å². The van der Waals surface area contributed by atoms with E-state index in [1.165, 1.54) is 35.1 Å². The molecular formula is C22H25F3N4O3S. The number of aromatic nitrogens is 3. The van der Waals surface area contributed by atoms with Crippen LogP contribution in [0.1, 0.15) is 29.9 Å². The van der Waals surface area contributed by atoms with Crippen LogP contribution in [0.15, 0.2) is 41.2 Å². The minimum Gasteiger partial charge on any atom is -0.383 e. The standard InChI is InChI=1S/C22H25F3N4O3S/c1-14-8-9-17(33-14)19-27-29(20(31)28(19)10-11-32-4)13-18(30)26-21(2,3)15-6-5-7-16(12-15)22(23,24)25/h5-9,12H,10-11,13H2,1-4H3,(H,26,30). The number of nitrogens with one attached hydrogen (secondary N) is 1. The monoisotopic (exact) mass is 482 g/mol.